The normalized spacial score (nSPS) is 16.9. The Labute approximate surface area is 160 Å². The summed E-state index contributed by atoms with van der Waals surface area (Å²) in [5.74, 6) is 1.56. The van der Waals surface area contributed by atoms with Gasteiger partial charge in [0.05, 0.1) is 19.8 Å². The topological polar surface area (TPSA) is 74.9 Å². The van der Waals surface area contributed by atoms with Crippen molar-refractivity contribution in [3.05, 3.63) is 42.1 Å². The summed E-state index contributed by atoms with van der Waals surface area (Å²) in [6, 6.07) is 12.3. The Kier molecular flexibility index (Phi) is 7.24. The predicted octanol–water partition coefficient (Wildman–Crippen LogP) is 2.12. The number of hydrogen-bond donors (Lipinski definition) is 2. The molecule has 3 rings (SSSR count). The Bertz CT molecular complexity index is 710. The van der Waals surface area contributed by atoms with Gasteiger partial charge in [0.25, 0.3) is 0 Å². The van der Waals surface area contributed by atoms with Crippen LogP contribution in [0.15, 0.2) is 45.9 Å². The quantitative estimate of drug-likeness (QED) is 0.574. The van der Waals surface area contributed by atoms with E-state index in [1.165, 1.54) is 0 Å². The molecular weight excluding hydrogens is 342 g/mol. The van der Waals surface area contributed by atoms with Crippen molar-refractivity contribution in [2.45, 2.75) is 26.4 Å². The standard InChI is InChI=1S/C20H29N5O2/c1-3-21-20(22-14-16(2)25-9-11-26-12-10-25)23-15-18-13-19(27-24-18)17-7-5-4-6-8-17/h4-8,13,16H,3,9-12,14-15H2,1-2H3,(H2,21,22,23). The van der Waals surface area contributed by atoms with Crippen LogP contribution in [0.5, 0.6) is 0 Å². The van der Waals surface area contributed by atoms with Crippen LogP contribution >= 0.6 is 0 Å². The molecule has 1 aromatic heterocycles. The van der Waals surface area contributed by atoms with Gasteiger partial charge in [-0.1, -0.05) is 35.5 Å². The highest BCUT2D eigenvalue weighted by Crippen LogP contribution is 2.19. The summed E-state index contributed by atoms with van der Waals surface area (Å²) >= 11 is 0. The van der Waals surface area contributed by atoms with Gasteiger partial charge >= 0.3 is 0 Å². The molecule has 1 fully saturated rings. The molecule has 7 heteroatoms. The summed E-state index contributed by atoms with van der Waals surface area (Å²) in [4.78, 5) is 7.07. The first kappa shape index (κ1) is 19.4. The number of benzene rings is 1. The molecule has 0 aliphatic carbocycles. The van der Waals surface area contributed by atoms with Crippen LogP contribution in [-0.4, -0.2) is 61.5 Å². The molecule has 1 saturated heterocycles. The van der Waals surface area contributed by atoms with Gasteiger partial charge in [0.2, 0.25) is 0 Å². The molecule has 2 N–H and O–H groups in total. The highest BCUT2D eigenvalue weighted by atomic mass is 16.5. The second-order valence-electron chi connectivity index (χ2n) is 6.62. The van der Waals surface area contributed by atoms with Gasteiger partial charge in [-0.3, -0.25) is 4.90 Å². The Hall–Kier alpha value is -2.38. The molecule has 1 aliphatic heterocycles. The molecular formula is C20H29N5O2. The minimum atomic E-state index is 0.425. The summed E-state index contributed by atoms with van der Waals surface area (Å²) in [5, 5.41) is 10.8. The third-order valence-corrected chi connectivity index (χ3v) is 4.59. The lowest BCUT2D eigenvalue weighted by atomic mass is 10.2. The second kappa shape index (κ2) is 10.1. The summed E-state index contributed by atoms with van der Waals surface area (Å²) in [6.07, 6.45) is 0. The third kappa shape index (κ3) is 5.80. The molecule has 0 spiro atoms. The Balaban J connectivity index is 1.54. The lowest BCUT2D eigenvalue weighted by Gasteiger charge is -2.32. The SMILES string of the molecule is CCNC(=NCc1cc(-c2ccccc2)on1)NCC(C)N1CCOCC1. The number of rotatable bonds is 7. The number of ether oxygens (including phenoxy) is 1. The zero-order chi connectivity index (χ0) is 18.9. The number of nitrogens with one attached hydrogen (secondary N) is 2. The Morgan fingerprint density at radius 1 is 1.22 bits per heavy atom. The van der Waals surface area contributed by atoms with Crippen molar-refractivity contribution in [2.24, 2.45) is 4.99 Å². The van der Waals surface area contributed by atoms with Gasteiger partial charge in [-0.2, -0.15) is 0 Å². The zero-order valence-electron chi connectivity index (χ0n) is 16.1. The monoisotopic (exact) mass is 371 g/mol. The molecule has 1 unspecified atom stereocenters. The van der Waals surface area contributed by atoms with E-state index in [9.17, 15) is 0 Å². The maximum absolute atomic E-state index is 5.44. The van der Waals surface area contributed by atoms with Crippen LogP contribution in [0.4, 0.5) is 0 Å². The molecule has 0 saturated carbocycles. The highest BCUT2D eigenvalue weighted by molar-refractivity contribution is 5.79. The van der Waals surface area contributed by atoms with Crippen molar-refractivity contribution >= 4 is 5.96 Å². The number of nitrogens with zero attached hydrogens (tertiary/aromatic N) is 3. The van der Waals surface area contributed by atoms with Crippen molar-refractivity contribution in [1.82, 2.24) is 20.7 Å². The fourth-order valence-electron chi connectivity index (χ4n) is 3.02. The van der Waals surface area contributed by atoms with Crippen molar-refractivity contribution < 1.29 is 9.26 Å². The number of hydrogen-bond acceptors (Lipinski definition) is 5. The molecule has 0 amide bonds. The number of aromatic nitrogens is 1. The summed E-state index contributed by atoms with van der Waals surface area (Å²) in [6.45, 7) is 10.00. The van der Waals surface area contributed by atoms with Gasteiger partial charge in [0.15, 0.2) is 11.7 Å². The number of morpholine rings is 1. The van der Waals surface area contributed by atoms with Gasteiger partial charge in [-0.05, 0) is 13.8 Å². The molecule has 0 bridgehead atoms. The van der Waals surface area contributed by atoms with E-state index in [1.54, 1.807) is 0 Å². The van der Waals surface area contributed by atoms with Crippen LogP contribution in [0.2, 0.25) is 0 Å². The fraction of sp³-hybridized carbons (Fsp3) is 0.500. The molecule has 1 atom stereocenters. The van der Waals surface area contributed by atoms with Crippen LogP contribution in [0.1, 0.15) is 19.5 Å². The van der Waals surface area contributed by atoms with E-state index >= 15 is 0 Å². The minimum absolute atomic E-state index is 0.425. The van der Waals surface area contributed by atoms with E-state index in [-0.39, 0.29) is 0 Å². The fourth-order valence-corrected chi connectivity index (χ4v) is 3.02. The van der Waals surface area contributed by atoms with E-state index < -0.39 is 0 Å². The van der Waals surface area contributed by atoms with Crippen molar-refractivity contribution in [1.29, 1.82) is 0 Å². The number of aliphatic imine (C=N–C) groups is 1. The van der Waals surface area contributed by atoms with Gasteiger partial charge in [-0.15, -0.1) is 0 Å². The first-order valence-electron chi connectivity index (χ1n) is 9.61. The van der Waals surface area contributed by atoms with Crippen molar-refractivity contribution in [3.63, 3.8) is 0 Å². The zero-order valence-corrected chi connectivity index (χ0v) is 16.1. The lowest BCUT2D eigenvalue weighted by molar-refractivity contribution is 0.0211. The molecule has 1 aromatic carbocycles. The van der Waals surface area contributed by atoms with Gasteiger partial charge < -0.3 is 19.9 Å². The van der Waals surface area contributed by atoms with Crippen molar-refractivity contribution in [2.75, 3.05) is 39.4 Å². The molecule has 1 aliphatic rings. The second-order valence-corrected chi connectivity index (χ2v) is 6.62. The van der Waals surface area contributed by atoms with Crippen LogP contribution in [0.25, 0.3) is 11.3 Å². The first-order chi connectivity index (χ1) is 13.3. The van der Waals surface area contributed by atoms with Gasteiger partial charge in [0.1, 0.15) is 5.69 Å². The number of guanidine groups is 1. The van der Waals surface area contributed by atoms with E-state index in [0.29, 0.717) is 12.6 Å². The first-order valence-corrected chi connectivity index (χ1v) is 9.61. The maximum Gasteiger partial charge on any atom is 0.191 e. The Morgan fingerprint density at radius 3 is 2.74 bits per heavy atom. The summed E-state index contributed by atoms with van der Waals surface area (Å²) < 4.78 is 10.9. The smallest absolute Gasteiger partial charge is 0.191 e. The average Bonchev–Trinajstić information content (AvgIpc) is 3.20. The molecule has 146 valence electrons. The van der Waals surface area contributed by atoms with E-state index in [1.807, 2.05) is 36.4 Å². The average molecular weight is 371 g/mol. The highest BCUT2D eigenvalue weighted by Gasteiger charge is 2.17. The van der Waals surface area contributed by atoms with Crippen LogP contribution < -0.4 is 10.6 Å². The van der Waals surface area contributed by atoms with E-state index in [2.05, 4.69) is 39.5 Å². The molecule has 7 nitrogen and oxygen atoms in total. The maximum atomic E-state index is 5.44. The summed E-state index contributed by atoms with van der Waals surface area (Å²) in [7, 11) is 0. The molecule has 0 radical (unpaired) electrons. The van der Waals surface area contributed by atoms with Crippen LogP contribution in [0, 0.1) is 0 Å². The largest absolute Gasteiger partial charge is 0.379 e. The van der Waals surface area contributed by atoms with Crippen molar-refractivity contribution in [3.8, 4) is 11.3 Å². The van der Waals surface area contributed by atoms with Crippen LogP contribution in [-0.2, 0) is 11.3 Å². The van der Waals surface area contributed by atoms with E-state index in [0.717, 1.165) is 62.4 Å². The van der Waals surface area contributed by atoms with E-state index in [4.69, 9.17) is 9.26 Å². The minimum Gasteiger partial charge on any atom is -0.379 e. The lowest BCUT2D eigenvalue weighted by Crippen LogP contribution is -2.49. The van der Waals surface area contributed by atoms with Crippen LogP contribution in [0.3, 0.4) is 0 Å². The summed E-state index contributed by atoms with van der Waals surface area (Å²) in [5.41, 5.74) is 1.83. The molecule has 2 heterocycles. The van der Waals surface area contributed by atoms with Gasteiger partial charge in [-0.25, -0.2) is 4.99 Å². The Morgan fingerprint density at radius 2 is 2.00 bits per heavy atom. The third-order valence-electron chi connectivity index (χ3n) is 4.59. The predicted molar refractivity (Wildman–Crippen MR) is 107 cm³/mol. The molecule has 27 heavy (non-hydrogen) atoms. The molecule has 2 aromatic rings. The van der Waals surface area contributed by atoms with Gasteiger partial charge in [0, 0.05) is 43.9 Å².